The van der Waals surface area contributed by atoms with Crippen LogP contribution in [0.2, 0.25) is 0 Å². The van der Waals surface area contributed by atoms with Crippen molar-refractivity contribution in [2.24, 2.45) is 16.8 Å². The van der Waals surface area contributed by atoms with E-state index in [-0.39, 0.29) is 0 Å². The molecule has 2 heterocycles. The summed E-state index contributed by atoms with van der Waals surface area (Å²) in [6.07, 6.45) is 19.0. The predicted octanol–water partition coefficient (Wildman–Crippen LogP) is 3.15. The first-order chi connectivity index (χ1) is 12.3. The lowest BCUT2D eigenvalue weighted by Gasteiger charge is -2.33. The van der Waals surface area contributed by atoms with Gasteiger partial charge in [0, 0.05) is 47.1 Å². The van der Waals surface area contributed by atoms with Gasteiger partial charge in [-0.25, -0.2) is 0 Å². The van der Waals surface area contributed by atoms with E-state index >= 15 is 0 Å². The SMILES string of the molecule is N#CC1=CC(C2=CC(NC3CCNCC3)=C3C=NC=CC3C2)CC=C1. The van der Waals surface area contributed by atoms with Crippen molar-refractivity contribution in [2.45, 2.75) is 31.7 Å². The first kappa shape index (κ1) is 16.1. The average molecular weight is 332 g/mol. The number of hydrogen-bond acceptors (Lipinski definition) is 4. The lowest BCUT2D eigenvalue weighted by molar-refractivity contribution is 0.411. The van der Waals surface area contributed by atoms with Gasteiger partial charge in [-0.3, -0.25) is 4.99 Å². The van der Waals surface area contributed by atoms with Crippen LogP contribution in [0.15, 0.2) is 64.0 Å². The number of aliphatic imine (C=N–C) groups is 1. The molecular formula is C21H24N4. The van der Waals surface area contributed by atoms with Crippen LogP contribution in [0.1, 0.15) is 25.7 Å². The Kier molecular flexibility index (Phi) is 4.67. The normalized spacial score (nSPS) is 28.9. The highest BCUT2D eigenvalue weighted by atomic mass is 15.0. The van der Waals surface area contributed by atoms with Gasteiger partial charge in [0.25, 0.3) is 0 Å². The summed E-state index contributed by atoms with van der Waals surface area (Å²) in [4.78, 5) is 4.36. The van der Waals surface area contributed by atoms with Gasteiger partial charge in [0.1, 0.15) is 0 Å². The van der Waals surface area contributed by atoms with Crippen molar-refractivity contribution >= 4 is 6.21 Å². The second-order valence-electron chi connectivity index (χ2n) is 7.17. The zero-order valence-electron chi connectivity index (χ0n) is 14.4. The lowest BCUT2D eigenvalue weighted by Crippen LogP contribution is -2.40. The van der Waals surface area contributed by atoms with Gasteiger partial charge in [0.15, 0.2) is 0 Å². The van der Waals surface area contributed by atoms with E-state index in [9.17, 15) is 5.26 Å². The summed E-state index contributed by atoms with van der Waals surface area (Å²) in [5.74, 6) is 0.727. The van der Waals surface area contributed by atoms with Gasteiger partial charge in [-0.15, -0.1) is 0 Å². The van der Waals surface area contributed by atoms with Gasteiger partial charge in [-0.05, 0) is 50.9 Å². The molecule has 4 heteroatoms. The number of allylic oxidation sites excluding steroid dienone is 8. The Morgan fingerprint density at radius 1 is 1.24 bits per heavy atom. The van der Waals surface area contributed by atoms with Gasteiger partial charge in [0.2, 0.25) is 0 Å². The average Bonchev–Trinajstić information content (AvgIpc) is 2.69. The number of nitrogens with one attached hydrogen (secondary N) is 2. The van der Waals surface area contributed by atoms with E-state index in [1.807, 2.05) is 18.5 Å². The third kappa shape index (κ3) is 3.52. The zero-order chi connectivity index (χ0) is 17.1. The molecule has 4 nitrogen and oxygen atoms in total. The van der Waals surface area contributed by atoms with Crippen molar-refractivity contribution < 1.29 is 0 Å². The number of fused-ring (bicyclic) bond motifs is 1. The van der Waals surface area contributed by atoms with E-state index in [4.69, 9.17) is 0 Å². The Balaban J connectivity index is 1.62. The highest BCUT2D eigenvalue weighted by Crippen LogP contribution is 2.37. The van der Waals surface area contributed by atoms with Crippen LogP contribution in [0.3, 0.4) is 0 Å². The molecule has 25 heavy (non-hydrogen) atoms. The Morgan fingerprint density at radius 2 is 2.12 bits per heavy atom. The molecule has 2 aliphatic carbocycles. The Morgan fingerprint density at radius 3 is 2.96 bits per heavy atom. The molecule has 0 aromatic heterocycles. The molecule has 0 saturated carbocycles. The minimum absolute atomic E-state index is 0.332. The van der Waals surface area contributed by atoms with Crippen LogP contribution in [0.5, 0.6) is 0 Å². The molecule has 2 unspecified atom stereocenters. The molecule has 0 radical (unpaired) electrons. The molecular weight excluding hydrogens is 308 g/mol. The van der Waals surface area contributed by atoms with Crippen molar-refractivity contribution in [3.8, 4) is 6.07 Å². The maximum atomic E-state index is 9.22. The van der Waals surface area contributed by atoms with Crippen LogP contribution in [-0.2, 0) is 0 Å². The summed E-state index contributed by atoms with van der Waals surface area (Å²) >= 11 is 0. The van der Waals surface area contributed by atoms with E-state index in [1.54, 1.807) is 0 Å². The second kappa shape index (κ2) is 7.25. The maximum Gasteiger partial charge on any atom is 0.0988 e. The van der Waals surface area contributed by atoms with Gasteiger partial charge < -0.3 is 10.6 Å². The van der Waals surface area contributed by atoms with Gasteiger partial charge in [-0.2, -0.15) is 5.26 Å². The molecule has 0 aromatic carbocycles. The summed E-state index contributed by atoms with van der Waals surface area (Å²) < 4.78 is 0. The number of hydrogen-bond donors (Lipinski definition) is 2. The number of rotatable bonds is 3. The summed E-state index contributed by atoms with van der Waals surface area (Å²) in [5.41, 5.74) is 4.73. The van der Waals surface area contributed by atoms with E-state index in [0.717, 1.165) is 44.3 Å². The fourth-order valence-corrected chi connectivity index (χ4v) is 4.09. The van der Waals surface area contributed by atoms with Crippen LogP contribution in [0, 0.1) is 23.2 Å². The topological polar surface area (TPSA) is 60.2 Å². The highest BCUT2D eigenvalue weighted by Gasteiger charge is 2.27. The van der Waals surface area contributed by atoms with Crippen LogP contribution >= 0.6 is 0 Å². The smallest absolute Gasteiger partial charge is 0.0988 e. The molecule has 2 aliphatic heterocycles. The molecule has 0 amide bonds. The van der Waals surface area contributed by atoms with Crippen molar-refractivity contribution in [3.63, 3.8) is 0 Å². The van der Waals surface area contributed by atoms with E-state index in [1.165, 1.54) is 16.8 Å². The molecule has 1 fully saturated rings. The molecule has 0 spiro atoms. The van der Waals surface area contributed by atoms with Crippen LogP contribution in [0.4, 0.5) is 0 Å². The molecule has 1 saturated heterocycles. The molecule has 128 valence electrons. The minimum Gasteiger partial charge on any atom is -0.382 e. The highest BCUT2D eigenvalue weighted by molar-refractivity contribution is 5.84. The zero-order valence-corrected chi connectivity index (χ0v) is 14.4. The van der Waals surface area contributed by atoms with Crippen molar-refractivity contribution in [1.29, 1.82) is 5.26 Å². The number of piperidine rings is 1. The van der Waals surface area contributed by atoms with Crippen LogP contribution < -0.4 is 10.6 Å². The fourth-order valence-electron chi connectivity index (χ4n) is 4.09. The van der Waals surface area contributed by atoms with Crippen molar-refractivity contribution in [1.82, 2.24) is 10.6 Å². The molecule has 0 bridgehead atoms. The Labute approximate surface area is 149 Å². The third-order valence-corrected chi connectivity index (χ3v) is 5.49. The second-order valence-corrected chi connectivity index (χ2v) is 7.17. The van der Waals surface area contributed by atoms with Gasteiger partial charge >= 0.3 is 0 Å². The number of nitriles is 1. The van der Waals surface area contributed by atoms with Gasteiger partial charge in [-0.1, -0.05) is 23.8 Å². The number of nitrogens with zero attached hydrogens (tertiary/aromatic N) is 2. The van der Waals surface area contributed by atoms with E-state index in [2.05, 4.69) is 46.0 Å². The Bertz CT molecular complexity index is 751. The predicted molar refractivity (Wildman–Crippen MR) is 101 cm³/mol. The van der Waals surface area contributed by atoms with Crippen LogP contribution in [-0.4, -0.2) is 25.3 Å². The first-order valence-corrected chi connectivity index (χ1v) is 9.23. The standard InChI is InChI=1S/C21H24N4/c22-13-15-2-1-3-16(10-15)18-11-17-4-7-24-14-20(17)21(12-18)25-19-5-8-23-9-6-19/h1-2,4,7,10,12,14,16-17,19,23,25H,3,5-6,8-9,11H2. The molecule has 2 atom stereocenters. The fraction of sp³-hybridized carbons (Fsp3) is 0.429. The summed E-state index contributed by atoms with van der Waals surface area (Å²) in [5, 5.41) is 16.4. The minimum atomic E-state index is 0.332. The van der Waals surface area contributed by atoms with E-state index in [0.29, 0.717) is 17.9 Å². The summed E-state index contributed by atoms with van der Waals surface area (Å²) in [6, 6.07) is 2.81. The van der Waals surface area contributed by atoms with Gasteiger partial charge in [0.05, 0.1) is 6.07 Å². The largest absolute Gasteiger partial charge is 0.382 e. The summed E-state index contributed by atoms with van der Waals surface area (Å²) in [6.45, 7) is 2.16. The van der Waals surface area contributed by atoms with Crippen molar-refractivity contribution in [3.05, 3.63) is 59.0 Å². The Hall–Kier alpha value is -2.38. The monoisotopic (exact) mass is 332 g/mol. The maximum absolute atomic E-state index is 9.22. The van der Waals surface area contributed by atoms with E-state index < -0.39 is 0 Å². The third-order valence-electron chi connectivity index (χ3n) is 5.49. The molecule has 2 N–H and O–H groups in total. The molecule has 0 aromatic rings. The molecule has 4 rings (SSSR count). The first-order valence-electron chi connectivity index (χ1n) is 9.23. The van der Waals surface area contributed by atoms with Crippen molar-refractivity contribution in [2.75, 3.05) is 13.1 Å². The van der Waals surface area contributed by atoms with Crippen LogP contribution in [0.25, 0.3) is 0 Å². The quantitative estimate of drug-likeness (QED) is 0.834. The molecule has 4 aliphatic rings. The summed E-state index contributed by atoms with van der Waals surface area (Å²) in [7, 11) is 0. The lowest BCUT2D eigenvalue weighted by atomic mass is 9.77.